The Morgan fingerprint density at radius 2 is 2.10 bits per heavy atom. The summed E-state index contributed by atoms with van der Waals surface area (Å²) < 4.78 is 5.48. The highest BCUT2D eigenvalue weighted by molar-refractivity contribution is 7.99. The summed E-state index contributed by atoms with van der Waals surface area (Å²) in [5, 5.41) is 11.7. The van der Waals surface area contributed by atoms with Gasteiger partial charge in [-0.15, -0.1) is 11.8 Å². The first-order valence-corrected chi connectivity index (χ1v) is 8.06. The molecule has 1 aromatic rings. The second kappa shape index (κ2) is 10.3. The number of para-hydroxylation sites is 1. The minimum Gasteiger partial charge on any atom is -0.492 e. The summed E-state index contributed by atoms with van der Waals surface area (Å²) in [7, 11) is 0. The number of halogens is 1. The van der Waals surface area contributed by atoms with Crippen LogP contribution in [0.5, 0.6) is 5.75 Å². The number of carboxylic acid groups (broad SMARTS) is 1. The number of carboxylic acids is 1. The first kappa shape index (κ1) is 17.7. The lowest BCUT2D eigenvalue weighted by molar-refractivity contribution is -0.133. The van der Waals surface area contributed by atoms with E-state index < -0.39 is 5.97 Å². The zero-order valence-corrected chi connectivity index (χ0v) is 13.1. The first-order valence-electron chi connectivity index (χ1n) is 6.53. The molecule has 0 atom stereocenters. The molecule has 0 fully saturated rings. The number of carbonyl (C=O) groups excluding carboxylic acids is 1. The van der Waals surface area contributed by atoms with Crippen molar-refractivity contribution in [2.24, 2.45) is 0 Å². The molecule has 1 amide bonds. The molecule has 116 valence electrons. The van der Waals surface area contributed by atoms with E-state index in [0.29, 0.717) is 42.5 Å². The number of aliphatic carboxylic acids is 1. The summed E-state index contributed by atoms with van der Waals surface area (Å²) in [5.41, 5.74) is 0. The highest BCUT2D eigenvalue weighted by Gasteiger charge is 2.03. The topological polar surface area (TPSA) is 75.6 Å². The lowest BCUT2D eigenvalue weighted by Gasteiger charge is -2.08. The van der Waals surface area contributed by atoms with Gasteiger partial charge in [-0.3, -0.25) is 9.59 Å². The van der Waals surface area contributed by atoms with Crippen LogP contribution in [-0.4, -0.2) is 41.6 Å². The molecule has 7 heteroatoms. The van der Waals surface area contributed by atoms with Gasteiger partial charge < -0.3 is 15.2 Å². The quantitative estimate of drug-likeness (QED) is 0.644. The van der Waals surface area contributed by atoms with Gasteiger partial charge in [0.25, 0.3) is 0 Å². The Morgan fingerprint density at radius 1 is 1.33 bits per heavy atom. The van der Waals surface area contributed by atoms with E-state index in [1.54, 1.807) is 12.1 Å². The Kier molecular flexibility index (Phi) is 8.69. The van der Waals surface area contributed by atoms with E-state index in [1.807, 2.05) is 12.1 Å². The molecule has 1 aromatic carbocycles. The van der Waals surface area contributed by atoms with E-state index in [9.17, 15) is 9.59 Å². The van der Waals surface area contributed by atoms with Crippen molar-refractivity contribution in [3.63, 3.8) is 0 Å². The first-order chi connectivity index (χ1) is 10.1. The minimum atomic E-state index is -0.844. The van der Waals surface area contributed by atoms with Crippen LogP contribution in [0.15, 0.2) is 24.3 Å². The fourth-order valence-electron chi connectivity index (χ4n) is 1.49. The maximum atomic E-state index is 11.5. The van der Waals surface area contributed by atoms with Crippen LogP contribution in [-0.2, 0) is 9.59 Å². The van der Waals surface area contributed by atoms with Gasteiger partial charge in [-0.25, -0.2) is 0 Å². The van der Waals surface area contributed by atoms with Gasteiger partial charge in [0, 0.05) is 18.7 Å². The van der Waals surface area contributed by atoms with Crippen LogP contribution in [0.1, 0.15) is 12.8 Å². The van der Waals surface area contributed by atoms with E-state index in [4.69, 9.17) is 21.4 Å². The molecule has 0 saturated heterocycles. The van der Waals surface area contributed by atoms with E-state index in [0.717, 1.165) is 0 Å². The molecule has 0 spiro atoms. The predicted octanol–water partition coefficient (Wildman–Crippen LogP) is 2.43. The molecule has 0 aromatic heterocycles. The van der Waals surface area contributed by atoms with Crippen molar-refractivity contribution in [3.05, 3.63) is 29.3 Å². The molecule has 0 aliphatic carbocycles. The molecule has 2 N–H and O–H groups in total. The molecule has 0 bridgehead atoms. The Hall–Kier alpha value is -1.40. The van der Waals surface area contributed by atoms with Crippen LogP contribution in [0.3, 0.4) is 0 Å². The van der Waals surface area contributed by atoms with E-state index in [-0.39, 0.29) is 11.7 Å². The van der Waals surface area contributed by atoms with Gasteiger partial charge in [-0.1, -0.05) is 23.7 Å². The average Bonchev–Trinajstić information content (AvgIpc) is 2.44. The summed E-state index contributed by atoms with van der Waals surface area (Å²) in [4.78, 5) is 21.8. The SMILES string of the molecule is O=C(O)CSCCNC(=O)CCCOc1ccccc1Cl. The second-order valence-electron chi connectivity index (χ2n) is 4.18. The molecule has 5 nitrogen and oxygen atoms in total. The Balaban J connectivity index is 2.03. The smallest absolute Gasteiger partial charge is 0.313 e. The molecule has 0 heterocycles. The van der Waals surface area contributed by atoms with Gasteiger partial charge in [0.05, 0.1) is 17.4 Å². The van der Waals surface area contributed by atoms with Gasteiger partial charge >= 0.3 is 5.97 Å². The van der Waals surface area contributed by atoms with Crippen LogP contribution >= 0.6 is 23.4 Å². The zero-order valence-electron chi connectivity index (χ0n) is 11.5. The lowest BCUT2D eigenvalue weighted by Crippen LogP contribution is -2.26. The van der Waals surface area contributed by atoms with Crippen molar-refractivity contribution in [1.29, 1.82) is 0 Å². The Bertz CT molecular complexity index is 470. The van der Waals surface area contributed by atoms with Crippen molar-refractivity contribution < 1.29 is 19.4 Å². The Morgan fingerprint density at radius 3 is 2.81 bits per heavy atom. The van der Waals surface area contributed by atoms with Gasteiger partial charge in [-0.2, -0.15) is 0 Å². The highest BCUT2D eigenvalue weighted by atomic mass is 35.5. The number of hydrogen-bond donors (Lipinski definition) is 2. The summed E-state index contributed by atoms with van der Waals surface area (Å²) in [6.45, 7) is 0.896. The van der Waals surface area contributed by atoms with Gasteiger partial charge in [-0.05, 0) is 18.6 Å². The molecule has 1 rings (SSSR count). The summed E-state index contributed by atoms with van der Waals surface area (Å²) >= 11 is 7.21. The molecule has 0 aliphatic heterocycles. The maximum absolute atomic E-state index is 11.5. The number of rotatable bonds is 10. The molecular weight excluding hydrogens is 314 g/mol. The summed E-state index contributed by atoms with van der Waals surface area (Å²) in [6.07, 6.45) is 0.966. The largest absolute Gasteiger partial charge is 0.492 e. The van der Waals surface area contributed by atoms with Crippen molar-refractivity contribution in [1.82, 2.24) is 5.32 Å². The van der Waals surface area contributed by atoms with Gasteiger partial charge in [0.15, 0.2) is 0 Å². The summed E-state index contributed by atoms with van der Waals surface area (Å²) in [6, 6.07) is 7.19. The van der Waals surface area contributed by atoms with Gasteiger partial charge in [0.1, 0.15) is 5.75 Å². The van der Waals surface area contributed by atoms with E-state index in [1.165, 1.54) is 11.8 Å². The van der Waals surface area contributed by atoms with Crippen LogP contribution < -0.4 is 10.1 Å². The van der Waals surface area contributed by atoms with E-state index in [2.05, 4.69) is 5.32 Å². The van der Waals surface area contributed by atoms with Gasteiger partial charge in [0.2, 0.25) is 5.91 Å². The third-order valence-corrected chi connectivity index (χ3v) is 3.69. The number of hydrogen-bond acceptors (Lipinski definition) is 4. The number of nitrogens with one attached hydrogen (secondary N) is 1. The highest BCUT2D eigenvalue weighted by Crippen LogP contribution is 2.23. The number of benzene rings is 1. The lowest BCUT2D eigenvalue weighted by atomic mass is 10.3. The second-order valence-corrected chi connectivity index (χ2v) is 5.69. The number of amides is 1. The van der Waals surface area contributed by atoms with Crippen LogP contribution in [0, 0.1) is 0 Å². The third kappa shape index (κ3) is 8.47. The van der Waals surface area contributed by atoms with Crippen LogP contribution in [0.2, 0.25) is 5.02 Å². The van der Waals surface area contributed by atoms with Crippen molar-refractivity contribution >= 4 is 35.2 Å². The van der Waals surface area contributed by atoms with Crippen LogP contribution in [0.4, 0.5) is 0 Å². The molecule has 0 radical (unpaired) electrons. The predicted molar refractivity (Wildman–Crippen MR) is 84.2 cm³/mol. The van der Waals surface area contributed by atoms with Crippen molar-refractivity contribution in [2.45, 2.75) is 12.8 Å². The Labute approximate surface area is 133 Å². The maximum Gasteiger partial charge on any atom is 0.313 e. The normalized spacial score (nSPS) is 10.1. The minimum absolute atomic E-state index is 0.0571. The standard InChI is InChI=1S/C14H18ClNO4S/c15-11-4-1-2-5-12(11)20-8-3-6-13(17)16-7-9-21-10-14(18)19/h1-2,4-5H,3,6-10H2,(H,16,17)(H,18,19). The number of thioether (sulfide) groups is 1. The fourth-order valence-corrected chi connectivity index (χ4v) is 2.24. The number of ether oxygens (including phenoxy) is 1. The zero-order chi connectivity index (χ0) is 15.5. The average molecular weight is 332 g/mol. The molecule has 21 heavy (non-hydrogen) atoms. The molecular formula is C14H18ClNO4S. The van der Waals surface area contributed by atoms with Crippen molar-refractivity contribution in [3.8, 4) is 5.75 Å². The van der Waals surface area contributed by atoms with Crippen molar-refractivity contribution in [2.75, 3.05) is 24.7 Å². The number of carbonyl (C=O) groups is 2. The monoisotopic (exact) mass is 331 g/mol. The third-order valence-electron chi connectivity index (χ3n) is 2.44. The van der Waals surface area contributed by atoms with E-state index >= 15 is 0 Å². The molecule has 0 saturated carbocycles. The molecule has 0 aliphatic rings. The van der Waals surface area contributed by atoms with Crippen LogP contribution in [0.25, 0.3) is 0 Å². The fraction of sp³-hybridized carbons (Fsp3) is 0.429. The molecule has 0 unspecified atom stereocenters. The summed E-state index contributed by atoms with van der Waals surface area (Å²) in [5.74, 6) is 0.358.